The van der Waals surface area contributed by atoms with Crippen LogP contribution in [0.1, 0.15) is 39.5 Å². The molecule has 0 aromatic carbocycles. The van der Waals surface area contributed by atoms with Crippen molar-refractivity contribution < 1.29 is 4.74 Å². The van der Waals surface area contributed by atoms with Gasteiger partial charge in [-0.05, 0) is 39.2 Å². The molecular weight excluding hydrogens is 150 g/mol. The third-order valence-corrected chi connectivity index (χ3v) is 2.44. The summed E-state index contributed by atoms with van der Waals surface area (Å²) < 4.78 is 5.72. The molecule has 1 saturated heterocycles. The van der Waals surface area contributed by atoms with Crippen LogP contribution in [0, 0.1) is 0 Å². The van der Waals surface area contributed by atoms with Crippen LogP contribution >= 0.6 is 0 Å². The Hall–Kier alpha value is -0.0800. The Kier molecular flexibility index (Phi) is 4.62. The van der Waals surface area contributed by atoms with Gasteiger partial charge in [0.2, 0.25) is 0 Å². The lowest BCUT2D eigenvalue weighted by Gasteiger charge is -2.13. The highest BCUT2D eigenvalue weighted by molar-refractivity contribution is 4.71. The highest BCUT2D eigenvalue weighted by Crippen LogP contribution is 2.12. The largest absolute Gasteiger partial charge is 0.378 e. The van der Waals surface area contributed by atoms with Crippen molar-refractivity contribution >= 4 is 0 Å². The summed E-state index contributed by atoms with van der Waals surface area (Å²) >= 11 is 0. The molecule has 0 bridgehead atoms. The average molecular weight is 171 g/mol. The first-order valence-corrected chi connectivity index (χ1v) is 5.18. The van der Waals surface area contributed by atoms with Crippen molar-refractivity contribution in [3.05, 3.63) is 0 Å². The van der Waals surface area contributed by atoms with Crippen molar-refractivity contribution in [3.63, 3.8) is 0 Å². The van der Waals surface area contributed by atoms with E-state index < -0.39 is 0 Å². The molecule has 1 aliphatic rings. The van der Waals surface area contributed by atoms with Gasteiger partial charge in [0.1, 0.15) is 0 Å². The fraction of sp³-hybridized carbons (Fsp3) is 1.00. The maximum Gasteiger partial charge on any atom is 0.0587 e. The molecule has 12 heavy (non-hydrogen) atoms. The van der Waals surface area contributed by atoms with E-state index in [9.17, 15) is 0 Å². The van der Waals surface area contributed by atoms with Crippen LogP contribution in [0.5, 0.6) is 0 Å². The standard InChI is InChI=1S/C10H21NO/c1-3-8-12-10-5-4-9(2)11-7-6-10/h9-11H,3-8H2,1-2H3/t9-,10?/m0/s1. The SMILES string of the molecule is CCCOC1CCN[C@@H](C)CC1. The predicted octanol–water partition coefficient (Wildman–Crippen LogP) is 1.94. The van der Waals surface area contributed by atoms with E-state index in [0.717, 1.165) is 19.6 Å². The quantitative estimate of drug-likeness (QED) is 0.700. The zero-order valence-corrected chi connectivity index (χ0v) is 8.31. The number of rotatable bonds is 3. The topological polar surface area (TPSA) is 21.3 Å². The van der Waals surface area contributed by atoms with E-state index in [4.69, 9.17) is 4.74 Å². The van der Waals surface area contributed by atoms with Crippen molar-refractivity contribution in [3.8, 4) is 0 Å². The summed E-state index contributed by atoms with van der Waals surface area (Å²) in [4.78, 5) is 0. The minimum atomic E-state index is 0.516. The third kappa shape index (κ3) is 3.55. The van der Waals surface area contributed by atoms with E-state index in [1.807, 2.05) is 0 Å². The first kappa shape index (κ1) is 10.0. The van der Waals surface area contributed by atoms with Gasteiger partial charge in [-0.2, -0.15) is 0 Å². The van der Waals surface area contributed by atoms with Gasteiger partial charge in [-0.25, -0.2) is 0 Å². The zero-order valence-electron chi connectivity index (χ0n) is 8.31. The lowest BCUT2D eigenvalue weighted by molar-refractivity contribution is 0.0455. The van der Waals surface area contributed by atoms with Crippen molar-refractivity contribution in [2.24, 2.45) is 0 Å². The van der Waals surface area contributed by atoms with E-state index >= 15 is 0 Å². The van der Waals surface area contributed by atoms with Crippen molar-refractivity contribution in [2.75, 3.05) is 13.2 Å². The van der Waals surface area contributed by atoms with Crippen LogP contribution in [0.25, 0.3) is 0 Å². The molecule has 1 heterocycles. The monoisotopic (exact) mass is 171 g/mol. The van der Waals surface area contributed by atoms with Crippen LogP contribution in [0.4, 0.5) is 0 Å². The lowest BCUT2D eigenvalue weighted by Crippen LogP contribution is -2.24. The highest BCUT2D eigenvalue weighted by Gasteiger charge is 2.14. The van der Waals surface area contributed by atoms with Gasteiger partial charge >= 0.3 is 0 Å². The Labute approximate surface area is 75.7 Å². The Morgan fingerprint density at radius 2 is 2.17 bits per heavy atom. The van der Waals surface area contributed by atoms with Gasteiger partial charge in [0, 0.05) is 12.6 Å². The van der Waals surface area contributed by atoms with Crippen LogP contribution in [-0.4, -0.2) is 25.3 Å². The maximum absolute atomic E-state index is 5.72. The summed E-state index contributed by atoms with van der Waals surface area (Å²) in [6.07, 6.45) is 5.33. The molecule has 1 rings (SSSR count). The van der Waals surface area contributed by atoms with Crippen LogP contribution < -0.4 is 5.32 Å². The molecule has 2 atom stereocenters. The molecule has 0 aromatic heterocycles. The van der Waals surface area contributed by atoms with Gasteiger partial charge < -0.3 is 10.1 Å². The summed E-state index contributed by atoms with van der Waals surface area (Å²) in [5, 5.41) is 3.47. The molecular formula is C10H21NO. The molecule has 2 nitrogen and oxygen atoms in total. The van der Waals surface area contributed by atoms with Crippen molar-refractivity contribution in [2.45, 2.75) is 51.7 Å². The fourth-order valence-electron chi connectivity index (χ4n) is 1.62. The van der Waals surface area contributed by atoms with E-state index in [1.165, 1.54) is 19.3 Å². The van der Waals surface area contributed by atoms with E-state index in [2.05, 4.69) is 19.2 Å². The van der Waals surface area contributed by atoms with Crippen molar-refractivity contribution in [1.29, 1.82) is 0 Å². The number of ether oxygens (including phenoxy) is 1. The molecule has 1 fully saturated rings. The average Bonchev–Trinajstić information content (AvgIpc) is 2.27. The molecule has 1 aliphatic heterocycles. The van der Waals surface area contributed by atoms with E-state index in [-0.39, 0.29) is 0 Å². The molecule has 0 radical (unpaired) electrons. The molecule has 1 unspecified atom stereocenters. The minimum absolute atomic E-state index is 0.516. The molecule has 72 valence electrons. The molecule has 0 aliphatic carbocycles. The first-order chi connectivity index (χ1) is 5.83. The Balaban J connectivity index is 2.17. The Morgan fingerprint density at radius 1 is 1.33 bits per heavy atom. The second kappa shape index (κ2) is 5.55. The zero-order chi connectivity index (χ0) is 8.81. The minimum Gasteiger partial charge on any atom is -0.378 e. The Morgan fingerprint density at radius 3 is 2.92 bits per heavy atom. The van der Waals surface area contributed by atoms with Crippen molar-refractivity contribution in [1.82, 2.24) is 5.32 Å². The van der Waals surface area contributed by atoms with Gasteiger partial charge in [-0.1, -0.05) is 6.92 Å². The molecule has 1 N–H and O–H groups in total. The summed E-state index contributed by atoms with van der Waals surface area (Å²) in [6, 6.07) is 0.681. The summed E-state index contributed by atoms with van der Waals surface area (Å²) in [6.45, 7) is 6.47. The van der Waals surface area contributed by atoms with E-state index in [1.54, 1.807) is 0 Å². The Bertz CT molecular complexity index is 114. The van der Waals surface area contributed by atoms with Gasteiger partial charge in [0.05, 0.1) is 6.10 Å². The number of hydrogen-bond donors (Lipinski definition) is 1. The predicted molar refractivity (Wildman–Crippen MR) is 51.3 cm³/mol. The number of nitrogens with one attached hydrogen (secondary N) is 1. The molecule has 0 spiro atoms. The third-order valence-electron chi connectivity index (χ3n) is 2.44. The molecule has 0 aromatic rings. The van der Waals surface area contributed by atoms with Gasteiger partial charge in [-0.15, -0.1) is 0 Å². The van der Waals surface area contributed by atoms with Gasteiger partial charge in [0.25, 0.3) is 0 Å². The van der Waals surface area contributed by atoms with Gasteiger partial charge in [-0.3, -0.25) is 0 Å². The first-order valence-electron chi connectivity index (χ1n) is 5.18. The molecule has 0 saturated carbocycles. The summed E-state index contributed by atoms with van der Waals surface area (Å²) in [5.41, 5.74) is 0. The summed E-state index contributed by atoms with van der Waals surface area (Å²) in [7, 11) is 0. The van der Waals surface area contributed by atoms with Crippen LogP contribution in [0.2, 0.25) is 0 Å². The van der Waals surface area contributed by atoms with Gasteiger partial charge in [0.15, 0.2) is 0 Å². The van der Waals surface area contributed by atoms with Crippen LogP contribution in [0.3, 0.4) is 0 Å². The summed E-state index contributed by atoms with van der Waals surface area (Å²) in [5.74, 6) is 0. The smallest absolute Gasteiger partial charge is 0.0587 e. The van der Waals surface area contributed by atoms with Crippen LogP contribution in [0.15, 0.2) is 0 Å². The second-order valence-corrected chi connectivity index (χ2v) is 3.71. The number of hydrogen-bond acceptors (Lipinski definition) is 2. The maximum atomic E-state index is 5.72. The lowest BCUT2D eigenvalue weighted by atomic mass is 10.1. The fourth-order valence-corrected chi connectivity index (χ4v) is 1.62. The second-order valence-electron chi connectivity index (χ2n) is 3.71. The highest BCUT2D eigenvalue weighted by atomic mass is 16.5. The normalized spacial score (nSPS) is 31.5. The molecule has 0 amide bonds. The van der Waals surface area contributed by atoms with E-state index in [0.29, 0.717) is 12.1 Å². The van der Waals surface area contributed by atoms with Crippen LogP contribution in [-0.2, 0) is 4.74 Å². The molecule has 2 heteroatoms.